The topological polar surface area (TPSA) is 72.0 Å². The first-order valence-corrected chi connectivity index (χ1v) is 7.65. The summed E-state index contributed by atoms with van der Waals surface area (Å²) in [5.74, 6) is 3.64. The number of halogens is 6. The van der Waals surface area contributed by atoms with Crippen molar-refractivity contribution in [1.82, 2.24) is 15.0 Å². The Morgan fingerprint density at radius 3 is 1.59 bits per heavy atom. The lowest BCUT2D eigenvalue weighted by Crippen LogP contribution is -2.35. The molecular weight excluding hydrogens is 380 g/mol. The number of nitrogens with one attached hydrogen (secondary N) is 2. The van der Waals surface area contributed by atoms with Crippen LogP contribution < -0.4 is 10.6 Å². The predicted octanol–water partition coefficient (Wildman–Crippen LogP) is 3.37. The molecule has 0 saturated carbocycles. The molecule has 0 spiro atoms. The van der Waals surface area contributed by atoms with E-state index in [0.29, 0.717) is 0 Å². The van der Waals surface area contributed by atoms with Crippen LogP contribution in [0.15, 0.2) is 0 Å². The summed E-state index contributed by atoms with van der Waals surface area (Å²) in [4.78, 5) is 11.0. The van der Waals surface area contributed by atoms with E-state index in [1.54, 1.807) is 13.8 Å². The van der Waals surface area contributed by atoms with Crippen LogP contribution in [-0.4, -0.2) is 52.1 Å². The quantitative estimate of drug-likeness (QED) is 0.584. The maximum atomic E-state index is 12.7. The maximum Gasteiger partial charge on any atom is 0.408 e. The van der Waals surface area contributed by atoms with Crippen molar-refractivity contribution in [2.45, 2.75) is 57.7 Å². The molecule has 0 saturated heterocycles. The van der Waals surface area contributed by atoms with Crippen LogP contribution in [-0.2, 0) is 4.74 Å². The molecule has 2 N–H and O–H groups in total. The lowest BCUT2D eigenvalue weighted by atomic mass is 10.1. The fourth-order valence-corrected chi connectivity index (χ4v) is 1.37. The number of hydrogen-bond acceptors (Lipinski definition) is 6. The molecule has 1 aromatic rings. The Balaban J connectivity index is 3.26. The Morgan fingerprint density at radius 2 is 1.26 bits per heavy atom. The molecule has 0 aliphatic heterocycles. The zero-order valence-electron chi connectivity index (χ0n) is 15.2. The third kappa shape index (κ3) is 7.46. The Hall–Kier alpha value is -2.29. The summed E-state index contributed by atoms with van der Waals surface area (Å²) in [7, 11) is 1.39. The fourth-order valence-electron chi connectivity index (χ4n) is 1.37. The summed E-state index contributed by atoms with van der Waals surface area (Å²) in [5.41, 5.74) is -0.924. The minimum atomic E-state index is -4.61. The lowest BCUT2D eigenvalue weighted by molar-refractivity contribution is -0.139. The van der Waals surface area contributed by atoms with Gasteiger partial charge in [-0.15, -0.1) is 0 Å². The molecule has 0 radical (unpaired) electrons. The normalized spacial score (nSPS) is 14.8. The number of nitrogens with zero attached hydrogens (tertiary/aromatic N) is 3. The minimum Gasteiger partial charge on any atom is -0.366 e. The van der Waals surface area contributed by atoms with Crippen molar-refractivity contribution in [1.29, 1.82) is 0 Å². The van der Waals surface area contributed by atoms with Gasteiger partial charge < -0.3 is 15.4 Å². The highest BCUT2D eigenvalue weighted by Gasteiger charge is 2.38. The summed E-state index contributed by atoms with van der Waals surface area (Å²) in [5, 5.41) is 3.96. The number of anilines is 2. The van der Waals surface area contributed by atoms with Crippen LogP contribution in [0.4, 0.5) is 38.2 Å². The average Bonchev–Trinajstić information content (AvgIpc) is 2.51. The second-order valence-corrected chi connectivity index (χ2v) is 6.09. The highest BCUT2D eigenvalue weighted by molar-refractivity contribution is 5.40. The largest absolute Gasteiger partial charge is 0.408 e. The average molecular weight is 399 g/mol. The van der Waals surface area contributed by atoms with Crippen molar-refractivity contribution >= 4 is 11.9 Å². The van der Waals surface area contributed by atoms with Crippen LogP contribution in [0, 0.1) is 11.8 Å². The molecule has 152 valence electrons. The number of rotatable bonds is 5. The standard InChI is InChI=1S/C15H19F6N5O/c1-8(14(16,17)18)22-11-24-10(6-7-13(3,4)27-5)25-12(26-11)23-9(2)15(19,20)21/h8-9H,1-5H3,(H2,22,23,24,25,26)/t8-,9-/m1/s1. The molecule has 0 aliphatic rings. The molecule has 0 aliphatic carbocycles. The summed E-state index contributed by atoms with van der Waals surface area (Å²) in [6, 6.07) is -4.08. The summed E-state index contributed by atoms with van der Waals surface area (Å²) in [6.07, 6.45) is -9.22. The Morgan fingerprint density at radius 1 is 0.852 bits per heavy atom. The van der Waals surface area contributed by atoms with Gasteiger partial charge in [-0.1, -0.05) is 5.92 Å². The van der Waals surface area contributed by atoms with Gasteiger partial charge in [-0.05, 0) is 33.6 Å². The van der Waals surface area contributed by atoms with Gasteiger partial charge in [0.2, 0.25) is 17.7 Å². The van der Waals surface area contributed by atoms with E-state index in [9.17, 15) is 26.3 Å². The number of ether oxygens (including phenoxy) is 1. The maximum absolute atomic E-state index is 12.7. The van der Waals surface area contributed by atoms with Gasteiger partial charge in [0, 0.05) is 7.11 Å². The molecule has 0 amide bonds. The molecule has 0 aromatic carbocycles. The predicted molar refractivity (Wildman–Crippen MR) is 86.1 cm³/mol. The molecule has 12 heteroatoms. The van der Waals surface area contributed by atoms with Gasteiger partial charge >= 0.3 is 12.4 Å². The van der Waals surface area contributed by atoms with Crippen molar-refractivity contribution in [2.24, 2.45) is 0 Å². The second-order valence-electron chi connectivity index (χ2n) is 6.09. The van der Waals surface area contributed by atoms with Crippen LogP contribution in [0.1, 0.15) is 33.5 Å². The molecule has 2 atom stereocenters. The number of methoxy groups -OCH3 is 1. The van der Waals surface area contributed by atoms with E-state index in [4.69, 9.17) is 4.74 Å². The van der Waals surface area contributed by atoms with E-state index >= 15 is 0 Å². The molecule has 0 bridgehead atoms. The molecule has 1 heterocycles. The third-order valence-electron chi connectivity index (χ3n) is 3.29. The lowest BCUT2D eigenvalue weighted by Gasteiger charge is -2.19. The first-order valence-electron chi connectivity index (χ1n) is 7.65. The van der Waals surface area contributed by atoms with E-state index in [1.807, 2.05) is 10.6 Å². The first kappa shape index (κ1) is 22.8. The van der Waals surface area contributed by atoms with E-state index < -0.39 is 41.9 Å². The zero-order chi connectivity index (χ0) is 21.0. The van der Waals surface area contributed by atoms with E-state index in [-0.39, 0.29) is 5.82 Å². The summed E-state index contributed by atoms with van der Waals surface area (Å²) in [6.45, 7) is 4.84. The molecule has 0 unspecified atom stereocenters. The Labute approximate surface area is 152 Å². The van der Waals surface area contributed by atoms with Crippen molar-refractivity contribution in [3.05, 3.63) is 5.82 Å². The molecule has 0 fully saturated rings. The van der Waals surface area contributed by atoms with E-state index in [0.717, 1.165) is 13.8 Å². The van der Waals surface area contributed by atoms with Crippen molar-refractivity contribution in [2.75, 3.05) is 17.7 Å². The van der Waals surface area contributed by atoms with Gasteiger partial charge in [-0.2, -0.15) is 41.3 Å². The van der Waals surface area contributed by atoms with Gasteiger partial charge in [0.25, 0.3) is 0 Å². The van der Waals surface area contributed by atoms with Gasteiger partial charge in [0.15, 0.2) is 0 Å². The van der Waals surface area contributed by atoms with Crippen molar-refractivity contribution < 1.29 is 31.1 Å². The third-order valence-corrected chi connectivity index (χ3v) is 3.29. The van der Waals surface area contributed by atoms with Crippen LogP contribution in [0.5, 0.6) is 0 Å². The number of alkyl halides is 6. The Bertz CT molecular complexity index is 667. The zero-order valence-corrected chi connectivity index (χ0v) is 15.2. The molecule has 6 nitrogen and oxygen atoms in total. The molecule has 27 heavy (non-hydrogen) atoms. The van der Waals surface area contributed by atoms with Gasteiger partial charge in [0.05, 0.1) is 0 Å². The number of hydrogen-bond donors (Lipinski definition) is 2. The monoisotopic (exact) mass is 399 g/mol. The highest BCUT2D eigenvalue weighted by Crippen LogP contribution is 2.24. The summed E-state index contributed by atoms with van der Waals surface area (Å²) < 4.78 is 81.3. The molecular formula is C15H19F6N5O. The van der Waals surface area contributed by atoms with Crippen molar-refractivity contribution in [3.63, 3.8) is 0 Å². The Kier molecular flexibility index (Phi) is 6.88. The van der Waals surface area contributed by atoms with Crippen LogP contribution in [0.3, 0.4) is 0 Å². The molecule has 1 aromatic heterocycles. The van der Waals surface area contributed by atoms with Crippen LogP contribution >= 0.6 is 0 Å². The second kappa shape index (κ2) is 8.16. The minimum absolute atomic E-state index is 0.316. The van der Waals surface area contributed by atoms with E-state index in [1.165, 1.54) is 7.11 Å². The van der Waals surface area contributed by atoms with Gasteiger partial charge in [-0.3, -0.25) is 0 Å². The molecule has 1 rings (SSSR count). The smallest absolute Gasteiger partial charge is 0.366 e. The SMILES string of the molecule is COC(C)(C)C#Cc1nc(N[C@H](C)C(F)(F)F)nc(N[C@H](C)C(F)(F)F)n1. The number of aromatic nitrogens is 3. The fraction of sp³-hybridized carbons (Fsp3) is 0.667. The highest BCUT2D eigenvalue weighted by atomic mass is 19.4. The van der Waals surface area contributed by atoms with Crippen LogP contribution in [0.25, 0.3) is 0 Å². The summed E-state index contributed by atoms with van der Waals surface area (Å²) >= 11 is 0. The van der Waals surface area contributed by atoms with Gasteiger partial charge in [0.1, 0.15) is 17.7 Å². The van der Waals surface area contributed by atoms with Crippen molar-refractivity contribution in [3.8, 4) is 11.8 Å². The van der Waals surface area contributed by atoms with Crippen LogP contribution in [0.2, 0.25) is 0 Å². The van der Waals surface area contributed by atoms with E-state index in [2.05, 4.69) is 26.8 Å². The first-order chi connectivity index (χ1) is 12.1. The van der Waals surface area contributed by atoms with Gasteiger partial charge in [-0.25, -0.2) is 0 Å².